The van der Waals surface area contributed by atoms with Crippen molar-refractivity contribution in [3.8, 4) is 0 Å². The molecule has 60 valence electrons. The molecule has 0 amide bonds. The van der Waals surface area contributed by atoms with Gasteiger partial charge in [-0.15, -0.1) is 11.8 Å². The van der Waals surface area contributed by atoms with Gasteiger partial charge in [0.05, 0.1) is 0 Å². The molecule has 0 radical (unpaired) electrons. The van der Waals surface area contributed by atoms with Crippen molar-refractivity contribution in [2.75, 3.05) is 5.75 Å². The van der Waals surface area contributed by atoms with Gasteiger partial charge in [-0.3, -0.25) is 0 Å². The number of hydrogen-bond acceptors (Lipinski definition) is 1. The molecule has 0 aliphatic carbocycles. The Morgan fingerprint density at radius 2 is 2.10 bits per heavy atom. The largest absolute Gasteiger partial charge is 0.273 e. The zero-order valence-electron chi connectivity index (χ0n) is 4.99. The van der Waals surface area contributed by atoms with E-state index in [1.807, 2.05) is 0 Å². The summed E-state index contributed by atoms with van der Waals surface area (Å²) in [7, 11) is 0. The Bertz CT molecular complexity index is 129. The van der Waals surface area contributed by atoms with Crippen LogP contribution in [0.2, 0.25) is 0 Å². The molecule has 5 heteroatoms. The first kappa shape index (κ1) is 8.17. The third-order valence-electron chi connectivity index (χ3n) is 1.40. The highest BCUT2D eigenvalue weighted by Crippen LogP contribution is 2.41. The first-order valence-corrected chi connectivity index (χ1v) is 3.82. The molecule has 1 aliphatic rings. The number of hydrogen-bond donors (Lipinski definition) is 0. The van der Waals surface area contributed by atoms with Gasteiger partial charge >= 0.3 is 0 Å². The lowest BCUT2D eigenvalue weighted by Gasteiger charge is -2.15. The summed E-state index contributed by atoms with van der Waals surface area (Å²) in [6.07, 6.45) is -3.73. The summed E-state index contributed by atoms with van der Waals surface area (Å²) in [4.78, 5) is 0. The number of rotatable bonds is 1. The van der Waals surface area contributed by atoms with Crippen LogP contribution in [0.15, 0.2) is 0 Å². The average Bonchev–Trinajstić information content (AvgIpc) is 2.13. The van der Waals surface area contributed by atoms with Gasteiger partial charge in [-0.1, -0.05) is 0 Å². The summed E-state index contributed by atoms with van der Waals surface area (Å²) in [5, 5.41) is 0. The SMILES string of the molecule is FC1CC(F)(C(F)F)CS1. The normalized spacial score (nSPS) is 41.1. The molecule has 0 aromatic heterocycles. The van der Waals surface area contributed by atoms with E-state index in [-0.39, 0.29) is 0 Å². The van der Waals surface area contributed by atoms with Crippen LogP contribution in [-0.2, 0) is 0 Å². The predicted molar refractivity (Wildman–Crippen MR) is 31.8 cm³/mol. The van der Waals surface area contributed by atoms with E-state index in [1.54, 1.807) is 0 Å². The number of thioether (sulfide) groups is 1. The third-order valence-corrected chi connectivity index (χ3v) is 2.57. The fourth-order valence-corrected chi connectivity index (χ4v) is 1.86. The third kappa shape index (κ3) is 1.38. The molecule has 1 rings (SSSR count). The summed E-state index contributed by atoms with van der Waals surface area (Å²) in [6, 6.07) is 0. The van der Waals surface area contributed by atoms with Gasteiger partial charge in [-0.2, -0.15) is 0 Å². The van der Waals surface area contributed by atoms with Crippen LogP contribution in [0.1, 0.15) is 6.42 Å². The standard InChI is InChI=1S/C5H6F4S/c6-3-1-5(9,2-10-3)4(7)8/h3-4H,1-2H2. The first-order chi connectivity index (χ1) is 4.54. The van der Waals surface area contributed by atoms with E-state index in [9.17, 15) is 17.6 Å². The second kappa shape index (κ2) is 2.60. The van der Waals surface area contributed by atoms with Crippen molar-refractivity contribution >= 4 is 11.8 Å². The molecule has 0 N–H and O–H groups in total. The van der Waals surface area contributed by atoms with Crippen molar-refractivity contribution in [2.24, 2.45) is 0 Å². The van der Waals surface area contributed by atoms with Crippen LogP contribution in [0.25, 0.3) is 0 Å². The molecular formula is C5H6F4S. The number of halogens is 4. The maximum Gasteiger partial charge on any atom is 0.273 e. The molecule has 0 bridgehead atoms. The summed E-state index contributed by atoms with van der Waals surface area (Å²) in [6.45, 7) is 0. The minimum Gasteiger partial charge on any atom is -0.236 e. The molecule has 0 spiro atoms. The van der Waals surface area contributed by atoms with Crippen LogP contribution in [0.4, 0.5) is 17.6 Å². The molecule has 0 saturated carbocycles. The summed E-state index contributed by atoms with van der Waals surface area (Å²) >= 11 is 0.611. The van der Waals surface area contributed by atoms with Crippen molar-refractivity contribution in [1.82, 2.24) is 0 Å². The summed E-state index contributed by atoms with van der Waals surface area (Å²) in [5.41, 5.74) is -4.04. The van der Waals surface area contributed by atoms with Crippen LogP contribution in [-0.4, -0.2) is 23.4 Å². The highest BCUT2D eigenvalue weighted by molar-refractivity contribution is 8.00. The quantitative estimate of drug-likeness (QED) is 0.550. The van der Waals surface area contributed by atoms with E-state index in [2.05, 4.69) is 0 Å². The first-order valence-electron chi connectivity index (χ1n) is 2.77. The smallest absolute Gasteiger partial charge is 0.236 e. The van der Waals surface area contributed by atoms with Crippen molar-refractivity contribution in [1.29, 1.82) is 0 Å². The topological polar surface area (TPSA) is 0 Å². The van der Waals surface area contributed by atoms with Crippen LogP contribution >= 0.6 is 11.8 Å². The van der Waals surface area contributed by atoms with Crippen molar-refractivity contribution in [3.63, 3.8) is 0 Å². The summed E-state index contributed by atoms with van der Waals surface area (Å²) < 4.78 is 48.3. The Labute approximate surface area is 60.0 Å². The molecule has 1 heterocycles. The molecule has 2 atom stereocenters. The van der Waals surface area contributed by atoms with Crippen LogP contribution in [0.5, 0.6) is 0 Å². The van der Waals surface area contributed by atoms with Gasteiger partial charge in [0.25, 0.3) is 6.43 Å². The van der Waals surface area contributed by atoms with E-state index in [1.165, 1.54) is 0 Å². The lowest BCUT2D eigenvalue weighted by molar-refractivity contribution is -0.0238. The molecule has 2 unspecified atom stereocenters. The van der Waals surface area contributed by atoms with Gasteiger partial charge < -0.3 is 0 Å². The van der Waals surface area contributed by atoms with Gasteiger partial charge in [0, 0.05) is 12.2 Å². The predicted octanol–water partition coefficient (Wildman–Crippen LogP) is 2.39. The van der Waals surface area contributed by atoms with Gasteiger partial charge in [0.15, 0.2) is 5.67 Å². The van der Waals surface area contributed by atoms with E-state index >= 15 is 0 Å². The molecule has 1 fully saturated rings. The molecule has 0 aromatic carbocycles. The van der Waals surface area contributed by atoms with Crippen LogP contribution < -0.4 is 0 Å². The highest BCUT2D eigenvalue weighted by Gasteiger charge is 2.48. The van der Waals surface area contributed by atoms with Crippen molar-refractivity contribution < 1.29 is 17.6 Å². The van der Waals surface area contributed by atoms with Crippen LogP contribution in [0.3, 0.4) is 0 Å². The maximum atomic E-state index is 12.7. The molecule has 0 nitrogen and oxygen atoms in total. The zero-order valence-corrected chi connectivity index (χ0v) is 5.81. The maximum absolute atomic E-state index is 12.7. The Hall–Kier alpha value is 0.0700. The second-order valence-electron chi connectivity index (χ2n) is 2.26. The molecule has 10 heavy (non-hydrogen) atoms. The second-order valence-corrected chi connectivity index (χ2v) is 3.39. The fraction of sp³-hybridized carbons (Fsp3) is 1.00. The molecule has 1 aliphatic heterocycles. The Morgan fingerprint density at radius 1 is 1.50 bits per heavy atom. The Balaban J connectivity index is 2.54. The molecule has 0 aromatic rings. The average molecular weight is 174 g/mol. The lowest BCUT2D eigenvalue weighted by atomic mass is 10.1. The summed E-state index contributed by atoms with van der Waals surface area (Å²) in [5.74, 6) is -0.425. The lowest BCUT2D eigenvalue weighted by Crippen LogP contribution is -2.31. The van der Waals surface area contributed by atoms with Crippen LogP contribution in [0, 0.1) is 0 Å². The molecule has 1 saturated heterocycles. The highest BCUT2D eigenvalue weighted by atomic mass is 32.2. The van der Waals surface area contributed by atoms with Gasteiger partial charge in [0.1, 0.15) is 5.50 Å². The van der Waals surface area contributed by atoms with E-state index in [4.69, 9.17) is 0 Å². The Kier molecular flexibility index (Phi) is 2.12. The minimum absolute atomic E-state index is 0.425. The van der Waals surface area contributed by atoms with Crippen molar-refractivity contribution in [3.05, 3.63) is 0 Å². The van der Waals surface area contributed by atoms with E-state index < -0.39 is 29.8 Å². The van der Waals surface area contributed by atoms with Crippen molar-refractivity contribution in [2.45, 2.75) is 24.0 Å². The van der Waals surface area contributed by atoms with Gasteiger partial charge in [0.2, 0.25) is 0 Å². The van der Waals surface area contributed by atoms with E-state index in [0.29, 0.717) is 11.8 Å². The monoisotopic (exact) mass is 174 g/mol. The molecular weight excluding hydrogens is 168 g/mol. The fourth-order valence-electron chi connectivity index (χ4n) is 0.766. The van der Waals surface area contributed by atoms with Gasteiger partial charge in [-0.05, 0) is 0 Å². The minimum atomic E-state index is -3.05. The zero-order chi connectivity index (χ0) is 7.78. The Morgan fingerprint density at radius 3 is 2.30 bits per heavy atom. The van der Waals surface area contributed by atoms with Gasteiger partial charge in [-0.25, -0.2) is 17.6 Å². The number of alkyl halides is 4. The van der Waals surface area contributed by atoms with E-state index in [0.717, 1.165) is 0 Å².